The quantitative estimate of drug-likeness (QED) is 0.868. The summed E-state index contributed by atoms with van der Waals surface area (Å²) in [6.45, 7) is 4.04. The Balaban J connectivity index is 1.54. The summed E-state index contributed by atoms with van der Waals surface area (Å²) in [5, 5.41) is 10.5. The molecule has 1 aliphatic carbocycles. The molecule has 2 aliphatic rings. The Morgan fingerprint density at radius 2 is 2.08 bits per heavy atom. The van der Waals surface area contributed by atoms with E-state index in [1.165, 1.54) is 19.6 Å². The maximum atomic E-state index is 11.5. The molecule has 3 unspecified atom stereocenters. The van der Waals surface area contributed by atoms with Crippen molar-refractivity contribution in [3.8, 4) is 0 Å². The third kappa shape index (κ3) is 2.57. The van der Waals surface area contributed by atoms with Crippen LogP contribution in [-0.4, -0.2) is 36.3 Å². The van der Waals surface area contributed by atoms with E-state index in [1.54, 1.807) is 6.07 Å². The second-order valence-corrected chi connectivity index (χ2v) is 6.60. The SMILES string of the molecule is COC(=O)c1ccc(C(O)c2ccc(N3CC4CC4C3)nc2C)o1. The van der Waals surface area contributed by atoms with Gasteiger partial charge in [0.15, 0.2) is 0 Å². The number of methoxy groups -OCH3 is 1. The number of fused-ring (bicyclic) bond motifs is 1. The van der Waals surface area contributed by atoms with Crippen LogP contribution < -0.4 is 4.90 Å². The van der Waals surface area contributed by atoms with Gasteiger partial charge >= 0.3 is 5.97 Å². The molecule has 0 radical (unpaired) electrons. The number of carbonyl (C=O) groups excluding carboxylic acids is 1. The van der Waals surface area contributed by atoms with E-state index in [2.05, 4.69) is 14.6 Å². The Labute approximate surface area is 140 Å². The van der Waals surface area contributed by atoms with Gasteiger partial charge in [0, 0.05) is 24.3 Å². The lowest BCUT2D eigenvalue weighted by Crippen LogP contribution is -2.23. The van der Waals surface area contributed by atoms with E-state index in [4.69, 9.17) is 4.42 Å². The highest BCUT2D eigenvalue weighted by atomic mass is 16.5. The van der Waals surface area contributed by atoms with Crippen molar-refractivity contribution < 1.29 is 19.1 Å². The van der Waals surface area contributed by atoms with Gasteiger partial charge in [-0.15, -0.1) is 0 Å². The number of aryl methyl sites for hydroxylation is 1. The molecule has 2 fully saturated rings. The predicted molar refractivity (Wildman–Crippen MR) is 86.9 cm³/mol. The van der Waals surface area contributed by atoms with Crippen LogP contribution in [0.15, 0.2) is 28.7 Å². The first-order valence-corrected chi connectivity index (χ1v) is 8.15. The van der Waals surface area contributed by atoms with Gasteiger partial charge in [-0.2, -0.15) is 0 Å². The zero-order valence-electron chi connectivity index (χ0n) is 13.7. The van der Waals surface area contributed by atoms with Crippen LogP contribution in [0.1, 0.15) is 40.1 Å². The van der Waals surface area contributed by atoms with Gasteiger partial charge in [0.05, 0.1) is 7.11 Å². The fourth-order valence-electron chi connectivity index (χ4n) is 3.47. The van der Waals surface area contributed by atoms with E-state index in [0.717, 1.165) is 36.4 Å². The number of esters is 1. The largest absolute Gasteiger partial charge is 0.463 e. The number of piperidine rings is 1. The number of aromatic nitrogens is 1. The molecule has 3 atom stereocenters. The minimum absolute atomic E-state index is 0.0741. The number of furan rings is 1. The van der Waals surface area contributed by atoms with Crippen molar-refractivity contribution in [2.75, 3.05) is 25.1 Å². The van der Waals surface area contributed by atoms with Crippen LogP contribution in [0, 0.1) is 18.8 Å². The van der Waals surface area contributed by atoms with Crippen LogP contribution in [0.4, 0.5) is 5.82 Å². The lowest BCUT2D eigenvalue weighted by Gasteiger charge is -2.21. The molecule has 2 aromatic rings. The van der Waals surface area contributed by atoms with Gasteiger partial charge in [-0.1, -0.05) is 6.07 Å². The molecular formula is C18H20N2O4. The smallest absolute Gasteiger partial charge is 0.373 e. The highest BCUT2D eigenvalue weighted by Crippen LogP contribution is 2.46. The fraction of sp³-hybridized carbons (Fsp3) is 0.444. The minimum atomic E-state index is -0.961. The Bertz CT molecular complexity index is 775. The molecule has 0 spiro atoms. The normalized spacial score (nSPS) is 23.0. The van der Waals surface area contributed by atoms with E-state index >= 15 is 0 Å². The molecule has 0 bridgehead atoms. The zero-order chi connectivity index (χ0) is 16.8. The molecule has 126 valence electrons. The van der Waals surface area contributed by atoms with E-state index in [1.807, 2.05) is 19.1 Å². The van der Waals surface area contributed by atoms with Crippen LogP contribution >= 0.6 is 0 Å². The standard InChI is InChI=1S/C18H20N2O4/c1-10-13(17(21)14-4-5-15(24-14)18(22)23-2)3-6-16(19-10)20-8-11-7-12(11)9-20/h3-6,11-12,17,21H,7-9H2,1-2H3. The average Bonchev–Trinajstić information content (AvgIpc) is 3.02. The Hall–Kier alpha value is -2.34. The van der Waals surface area contributed by atoms with Crippen molar-refractivity contribution in [3.63, 3.8) is 0 Å². The van der Waals surface area contributed by atoms with Crippen LogP contribution in [0.3, 0.4) is 0 Å². The molecule has 6 nitrogen and oxygen atoms in total. The van der Waals surface area contributed by atoms with E-state index < -0.39 is 12.1 Å². The summed E-state index contributed by atoms with van der Waals surface area (Å²) in [6.07, 6.45) is 0.393. The second kappa shape index (κ2) is 5.63. The Kier molecular flexibility index (Phi) is 3.57. The van der Waals surface area contributed by atoms with Crippen molar-refractivity contribution in [3.05, 3.63) is 47.0 Å². The molecule has 6 heteroatoms. The lowest BCUT2D eigenvalue weighted by molar-refractivity contribution is 0.0558. The van der Waals surface area contributed by atoms with Crippen molar-refractivity contribution in [1.82, 2.24) is 4.98 Å². The molecule has 1 saturated carbocycles. The number of hydrogen-bond acceptors (Lipinski definition) is 6. The molecule has 4 rings (SSSR count). The molecule has 0 amide bonds. The first kappa shape index (κ1) is 15.2. The molecule has 1 N–H and O–H groups in total. The highest BCUT2D eigenvalue weighted by Gasteiger charge is 2.45. The molecule has 0 aromatic carbocycles. The van der Waals surface area contributed by atoms with Gasteiger partial charge in [0.2, 0.25) is 5.76 Å². The molecule has 24 heavy (non-hydrogen) atoms. The predicted octanol–water partition coefficient (Wildman–Crippen LogP) is 2.31. The number of aliphatic hydroxyl groups is 1. The van der Waals surface area contributed by atoms with Gasteiger partial charge in [0.25, 0.3) is 0 Å². The third-order valence-electron chi connectivity index (χ3n) is 4.99. The monoisotopic (exact) mass is 328 g/mol. The maximum absolute atomic E-state index is 11.5. The second-order valence-electron chi connectivity index (χ2n) is 6.60. The number of anilines is 1. The van der Waals surface area contributed by atoms with Crippen molar-refractivity contribution >= 4 is 11.8 Å². The number of carbonyl (C=O) groups is 1. The summed E-state index contributed by atoms with van der Waals surface area (Å²) in [5.41, 5.74) is 1.44. The number of aliphatic hydroxyl groups excluding tert-OH is 1. The van der Waals surface area contributed by atoms with Crippen LogP contribution in [-0.2, 0) is 4.74 Å². The first-order valence-electron chi connectivity index (χ1n) is 8.15. The number of rotatable bonds is 4. The van der Waals surface area contributed by atoms with Crippen LogP contribution in [0.2, 0.25) is 0 Å². The number of hydrogen-bond donors (Lipinski definition) is 1. The zero-order valence-corrected chi connectivity index (χ0v) is 13.7. The van der Waals surface area contributed by atoms with Gasteiger partial charge in [-0.3, -0.25) is 0 Å². The summed E-state index contributed by atoms with van der Waals surface area (Å²) in [6, 6.07) is 6.91. The van der Waals surface area contributed by atoms with E-state index in [0.29, 0.717) is 11.3 Å². The van der Waals surface area contributed by atoms with E-state index in [-0.39, 0.29) is 5.76 Å². The Morgan fingerprint density at radius 1 is 1.33 bits per heavy atom. The topological polar surface area (TPSA) is 75.8 Å². The van der Waals surface area contributed by atoms with Gasteiger partial charge in [-0.25, -0.2) is 9.78 Å². The summed E-state index contributed by atoms with van der Waals surface area (Å²) in [5.74, 6) is 2.46. The number of nitrogens with zero attached hydrogens (tertiary/aromatic N) is 2. The summed E-state index contributed by atoms with van der Waals surface area (Å²) in [7, 11) is 1.29. The van der Waals surface area contributed by atoms with Crippen molar-refractivity contribution in [2.24, 2.45) is 11.8 Å². The average molecular weight is 328 g/mol. The fourth-order valence-corrected chi connectivity index (χ4v) is 3.47. The maximum Gasteiger partial charge on any atom is 0.373 e. The lowest BCUT2D eigenvalue weighted by atomic mass is 10.1. The minimum Gasteiger partial charge on any atom is -0.463 e. The van der Waals surface area contributed by atoms with Gasteiger partial charge in [0.1, 0.15) is 17.7 Å². The molecule has 1 aliphatic heterocycles. The number of ether oxygens (including phenoxy) is 1. The summed E-state index contributed by atoms with van der Waals surface area (Å²) >= 11 is 0. The summed E-state index contributed by atoms with van der Waals surface area (Å²) in [4.78, 5) is 18.4. The first-order chi connectivity index (χ1) is 11.6. The highest BCUT2D eigenvalue weighted by molar-refractivity contribution is 5.86. The molecule has 1 saturated heterocycles. The van der Waals surface area contributed by atoms with Crippen LogP contribution in [0.25, 0.3) is 0 Å². The van der Waals surface area contributed by atoms with Crippen LogP contribution in [0.5, 0.6) is 0 Å². The molecule has 2 aromatic heterocycles. The summed E-state index contributed by atoms with van der Waals surface area (Å²) < 4.78 is 10.0. The number of pyridine rings is 1. The molecule has 3 heterocycles. The third-order valence-corrected chi connectivity index (χ3v) is 4.99. The van der Waals surface area contributed by atoms with E-state index in [9.17, 15) is 9.90 Å². The van der Waals surface area contributed by atoms with Gasteiger partial charge in [-0.05, 0) is 43.4 Å². The Morgan fingerprint density at radius 3 is 2.75 bits per heavy atom. The van der Waals surface area contributed by atoms with Crippen molar-refractivity contribution in [1.29, 1.82) is 0 Å². The molecular weight excluding hydrogens is 308 g/mol. The van der Waals surface area contributed by atoms with Gasteiger partial charge < -0.3 is 19.2 Å². The van der Waals surface area contributed by atoms with Crippen molar-refractivity contribution in [2.45, 2.75) is 19.4 Å².